The van der Waals surface area contributed by atoms with Gasteiger partial charge in [0, 0.05) is 11.6 Å². The molecule has 3 aromatic rings. The number of pyridine rings is 1. The van der Waals surface area contributed by atoms with E-state index in [1.807, 2.05) is 54.6 Å². The lowest BCUT2D eigenvalue weighted by molar-refractivity contribution is -0.142. The number of nitrogens with zero attached hydrogens (tertiary/aromatic N) is 1. The number of amides is 2. The molecule has 0 aliphatic rings. The SMILES string of the molecule is NC(=O)c1cnc2ccccc2c1.NCCC[C@H](N)C(=O)N[C@H](CCc1ccccc1)C(=O)O. The molecule has 0 fully saturated rings. The Bertz CT molecular complexity index is 1090. The van der Waals surface area contributed by atoms with E-state index in [-0.39, 0.29) is 0 Å². The Labute approximate surface area is 198 Å². The third-order valence-corrected chi connectivity index (χ3v) is 5.11. The van der Waals surface area contributed by atoms with Gasteiger partial charge < -0.3 is 27.6 Å². The van der Waals surface area contributed by atoms with Crippen LogP contribution in [-0.4, -0.2) is 46.5 Å². The summed E-state index contributed by atoms with van der Waals surface area (Å²) < 4.78 is 0. The second-order valence-corrected chi connectivity index (χ2v) is 7.74. The number of primary amides is 1. The average Bonchev–Trinajstić information content (AvgIpc) is 2.85. The van der Waals surface area contributed by atoms with Gasteiger partial charge in [0.1, 0.15) is 6.04 Å². The Kier molecular flexibility index (Phi) is 10.6. The van der Waals surface area contributed by atoms with E-state index >= 15 is 0 Å². The van der Waals surface area contributed by atoms with E-state index in [0.717, 1.165) is 16.5 Å². The van der Waals surface area contributed by atoms with Crippen LogP contribution in [0.5, 0.6) is 0 Å². The van der Waals surface area contributed by atoms with Crippen LogP contribution in [0.15, 0.2) is 66.9 Å². The number of hydrogen-bond donors (Lipinski definition) is 5. The van der Waals surface area contributed by atoms with Crippen molar-refractivity contribution in [2.75, 3.05) is 6.54 Å². The molecule has 3 rings (SSSR count). The van der Waals surface area contributed by atoms with E-state index in [1.54, 1.807) is 6.07 Å². The summed E-state index contributed by atoms with van der Waals surface area (Å²) in [6.07, 6.45) is 3.49. The number of aryl methyl sites for hydroxylation is 1. The molecule has 1 aromatic heterocycles. The topological polar surface area (TPSA) is 174 Å². The summed E-state index contributed by atoms with van der Waals surface area (Å²) in [7, 11) is 0. The molecule has 0 aliphatic heterocycles. The van der Waals surface area contributed by atoms with Crippen LogP contribution < -0.4 is 22.5 Å². The van der Waals surface area contributed by atoms with E-state index in [2.05, 4.69) is 10.3 Å². The van der Waals surface area contributed by atoms with Gasteiger partial charge in [0.05, 0.1) is 17.1 Å². The van der Waals surface area contributed by atoms with Crippen molar-refractivity contribution in [1.82, 2.24) is 10.3 Å². The highest BCUT2D eigenvalue weighted by atomic mass is 16.4. The fourth-order valence-corrected chi connectivity index (χ4v) is 3.17. The van der Waals surface area contributed by atoms with E-state index in [1.165, 1.54) is 6.20 Å². The van der Waals surface area contributed by atoms with Gasteiger partial charge in [-0.15, -0.1) is 0 Å². The number of nitrogens with one attached hydrogen (secondary N) is 1. The molecule has 0 aliphatic carbocycles. The fourth-order valence-electron chi connectivity index (χ4n) is 3.17. The van der Waals surface area contributed by atoms with Crippen molar-refractivity contribution in [3.8, 4) is 0 Å². The predicted molar refractivity (Wildman–Crippen MR) is 131 cm³/mol. The number of para-hydroxylation sites is 1. The average molecular weight is 466 g/mol. The van der Waals surface area contributed by atoms with Gasteiger partial charge in [-0.3, -0.25) is 14.6 Å². The molecule has 0 unspecified atom stereocenters. The number of carboxylic acid groups (broad SMARTS) is 1. The monoisotopic (exact) mass is 465 g/mol. The molecule has 180 valence electrons. The second-order valence-electron chi connectivity index (χ2n) is 7.74. The van der Waals surface area contributed by atoms with Crippen molar-refractivity contribution >= 4 is 28.7 Å². The normalized spacial score (nSPS) is 12.2. The summed E-state index contributed by atoms with van der Waals surface area (Å²) in [6, 6.07) is 17.2. The van der Waals surface area contributed by atoms with Crippen molar-refractivity contribution in [2.45, 2.75) is 37.8 Å². The van der Waals surface area contributed by atoms with Gasteiger partial charge in [0.25, 0.3) is 0 Å². The van der Waals surface area contributed by atoms with Crippen molar-refractivity contribution in [3.05, 3.63) is 78.0 Å². The Morgan fingerprint density at radius 3 is 2.32 bits per heavy atom. The lowest BCUT2D eigenvalue weighted by Gasteiger charge is -2.17. The molecular weight excluding hydrogens is 434 g/mol. The molecule has 0 bridgehead atoms. The van der Waals surface area contributed by atoms with Crippen LogP contribution in [0.25, 0.3) is 10.9 Å². The maximum Gasteiger partial charge on any atom is 0.326 e. The molecule has 1 heterocycles. The maximum absolute atomic E-state index is 11.8. The Hall–Kier alpha value is -3.82. The zero-order valence-corrected chi connectivity index (χ0v) is 18.9. The third kappa shape index (κ3) is 8.61. The first-order chi connectivity index (χ1) is 16.3. The molecule has 2 amide bonds. The van der Waals surface area contributed by atoms with Gasteiger partial charge in [-0.25, -0.2) is 4.79 Å². The molecule has 2 atom stereocenters. The van der Waals surface area contributed by atoms with Crippen LogP contribution in [0, 0.1) is 0 Å². The van der Waals surface area contributed by atoms with Crippen molar-refractivity contribution in [3.63, 3.8) is 0 Å². The minimum Gasteiger partial charge on any atom is -0.480 e. The van der Waals surface area contributed by atoms with E-state index in [9.17, 15) is 19.5 Å². The Morgan fingerprint density at radius 2 is 1.68 bits per heavy atom. The number of benzene rings is 2. The van der Waals surface area contributed by atoms with Gasteiger partial charge in [-0.1, -0.05) is 48.5 Å². The first-order valence-corrected chi connectivity index (χ1v) is 11.0. The molecule has 0 saturated carbocycles. The van der Waals surface area contributed by atoms with Crippen LogP contribution in [0.4, 0.5) is 0 Å². The van der Waals surface area contributed by atoms with Crippen LogP contribution in [0.1, 0.15) is 35.2 Å². The molecule has 2 aromatic carbocycles. The summed E-state index contributed by atoms with van der Waals surface area (Å²) in [5.41, 5.74) is 18.5. The van der Waals surface area contributed by atoms with Crippen molar-refractivity contribution in [2.24, 2.45) is 17.2 Å². The van der Waals surface area contributed by atoms with E-state index in [0.29, 0.717) is 37.8 Å². The standard InChI is InChI=1S/C15H23N3O3.C10H8N2O/c16-10-4-7-12(17)14(19)18-13(15(20)21)9-8-11-5-2-1-3-6-11;11-10(13)8-5-7-3-1-2-4-9(7)12-6-8/h1-3,5-6,12-13H,4,7-10,16-17H2,(H,18,19)(H,20,21);1-6H,(H2,11,13)/t12-,13+;/m0./s1. The van der Waals surface area contributed by atoms with Gasteiger partial charge in [0.2, 0.25) is 11.8 Å². The molecule has 0 radical (unpaired) electrons. The molecule has 34 heavy (non-hydrogen) atoms. The van der Waals surface area contributed by atoms with Gasteiger partial charge >= 0.3 is 5.97 Å². The summed E-state index contributed by atoms with van der Waals surface area (Å²) in [5.74, 6) is -1.94. The van der Waals surface area contributed by atoms with Crippen LogP contribution in [-0.2, 0) is 16.0 Å². The number of carboxylic acids is 1. The van der Waals surface area contributed by atoms with Crippen LogP contribution in [0.2, 0.25) is 0 Å². The molecule has 0 spiro atoms. The minimum absolute atomic E-state index is 0.328. The predicted octanol–water partition coefficient (Wildman–Crippen LogP) is 1.59. The van der Waals surface area contributed by atoms with Crippen LogP contribution >= 0.6 is 0 Å². The first kappa shape index (κ1) is 26.4. The number of carbonyl (C=O) groups is 3. The summed E-state index contributed by atoms with van der Waals surface area (Å²) in [5, 5.41) is 12.6. The number of rotatable bonds is 10. The number of nitrogens with two attached hydrogens (primary N) is 3. The highest BCUT2D eigenvalue weighted by Crippen LogP contribution is 2.12. The number of fused-ring (bicyclic) bond motifs is 1. The quantitative estimate of drug-likeness (QED) is 0.302. The number of aromatic nitrogens is 1. The largest absolute Gasteiger partial charge is 0.480 e. The minimum atomic E-state index is -1.05. The summed E-state index contributed by atoms with van der Waals surface area (Å²) >= 11 is 0. The number of aliphatic carboxylic acids is 1. The smallest absolute Gasteiger partial charge is 0.326 e. The number of carbonyl (C=O) groups excluding carboxylic acids is 2. The third-order valence-electron chi connectivity index (χ3n) is 5.11. The maximum atomic E-state index is 11.8. The summed E-state index contributed by atoms with van der Waals surface area (Å²) in [4.78, 5) is 38.0. The van der Waals surface area contributed by atoms with Gasteiger partial charge in [-0.05, 0) is 49.9 Å². The highest BCUT2D eigenvalue weighted by molar-refractivity contribution is 5.96. The lowest BCUT2D eigenvalue weighted by atomic mass is 10.0. The Morgan fingerprint density at radius 1 is 1.00 bits per heavy atom. The lowest BCUT2D eigenvalue weighted by Crippen LogP contribution is -2.48. The molecule has 9 nitrogen and oxygen atoms in total. The summed E-state index contributed by atoms with van der Waals surface area (Å²) in [6.45, 7) is 0.456. The van der Waals surface area contributed by atoms with Crippen molar-refractivity contribution < 1.29 is 19.5 Å². The van der Waals surface area contributed by atoms with E-state index in [4.69, 9.17) is 17.2 Å². The first-order valence-electron chi connectivity index (χ1n) is 11.0. The Balaban J connectivity index is 0.000000266. The van der Waals surface area contributed by atoms with Crippen LogP contribution in [0.3, 0.4) is 0 Å². The molecule has 9 heteroatoms. The van der Waals surface area contributed by atoms with Crippen molar-refractivity contribution in [1.29, 1.82) is 0 Å². The zero-order chi connectivity index (χ0) is 24.9. The molecule has 8 N–H and O–H groups in total. The van der Waals surface area contributed by atoms with Gasteiger partial charge in [-0.2, -0.15) is 0 Å². The highest BCUT2D eigenvalue weighted by Gasteiger charge is 2.22. The number of hydrogen-bond acceptors (Lipinski definition) is 6. The van der Waals surface area contributed by atoms with E-state index < -0.39 is 29.9 Å². The van der Waals surface area contributed by atoms with Gasteiger partial charge in [0.15, 0.2) is 0 Å². The zero-order valence-electron chi connectivity index (χ0n) is 18.9. The molecule has 0 saturated heterocycles. The molecular formula is C25H31N5O4. The fraction of sp³-hybridized carbons (Fsp3) is 0.280. The second kappa shape index (κ2) is 13.7.